The third-order valence-electron chi connectivity index (χ3n) is 2.24. The molecule has 19 heavy (non-hydrogen) atoms. The Morgan fingerprint density at radius 1 is 1.21 bits per heavy atom. The van der Waals surface area contributed by atoms with E-state index in [0.717, 1.165) is 11.9 Å². The summed E-state index contributed by atoms with van der Waals surface area (Å²) in [6, 6.07) is 2.74. The zero-order valence-electron chi connectivity index (χ0n) is 9.65. The van der Waals surface area contributed by atoms with Crippen molar-refractivity contribution in [1.29, 1.82) is 0 Å². The second-order valence-electron chi connectivity index (χ2n) is 3.71. The molecule has 0 saturated carbocycles. The average Bonchev–Trinajstić information content (AvgIpc) is 2.72. The van der Waals surface area contributed by atoms with Gasteiger partial charge in [-0.15, -0.1) is 24.5 Å². The highest BCUT2D eigenvalue weighted by atomic mass is 32.1. The van der Waals surface area contributed by atoms with Gasteiger partial charge in [0.2, 0.25) is 0 Å². The fourth-order valence-electron chi connectivity index (χ4n) is 1.45. The van der Waals surface area contributed by atoms with Crippen molar-refractivity contribution in [1.82, 2.24) is 9.97 Å². The van der Waals surface area contributed by atoms with Crippen molar-refractivity contribution in [2.75, 3.05) is 5.73 Å². The van der Waals surface area contributed by atoms with Gasteiger partial charge in [-0.05, 0) is 25.0 Å². The maximum Gasteiger partial charge on any atom is 0.573 e. The van der Waals surface area contributed by atoms with Crippen molar-refractivity contribution < 1.29 is 17.9 Å². The second-order valence-corrected chi connectivity index (χ2v) is 4.60. The van der Waals surface area contributed by atoms with Crippen LogP contribution in [-0.2, 0) is 12.8 Å². The van der Waals surface area contributed by atoms with E-state index in [4.69, 9.17) is 5.73 Å². The number of ether oxygens (including phenoxy) is 1. The summed E-state index contributed by atoms with van der Waals surface area (Å²) in [6.45, 7) is 0. The van der Waals surface area contributed by atoms with Crippen LogP contribution in [0.2, 0.25) is 0 Å². The van der Waals surface area contributed by atoms with Crippen LogP contribution in [0.15, 0.2) is 23.7 Å². The molecular formula is C11H10F3N3OS. The monoisotopic (exact) mass is 289 g/mol. The van der Waals surface area contributed by atoms with Crippen molar-refractivity contribution in [3.8, 4) is 5.75 Å². The molecule has 0 aromatic carbocycles. The van der Waals surface area contributed by atoms with Crippen LogP contribution in [0.25, 0.3) is 0 Å². The molecule has 2 N–H and O–H groups in total. The SMILES string of the molecule is Nc1nc(CCc2ccc(OC(F)(F)F)cn2)cs1. The van der Waals surface area contributed by atoms with Crippen molar-refractivity contribution in [3.05, 3.63) is 35.1 Å². The number of rotatable bonds is 4. The van der Waals surface area contributed by atoms with Crippen LogP contribution in [0.4, 0.5) is 18.3 Å². The molecule has 0 radical (unpaired) electrons. The molecule has 0 aliphatic rings. The van der Waals surface area contributed by atoms with Crippen molar-refractivity contribution in [2.24, 2.45) is 0 Å². The smallest absolute Gasteiger partial charge is 0.404 e. The molecule has 0 unspecified atom stereocenters. The van der Waals surface area contributed by atoms with Gasteiger partial charge in [0.1, 0.15) is 5.75 Å². The predicted octanol–water partition coefficient (Wildman–Crippen LogP) is 2.80. The number of nitrogens with zero attached hydrogens (tertiary/aromatic N) is 2. The van der Waals surface area contributed by atoms with E-state index in [0.29, 0.717) is 23.7 Å². The molecule has 0 fully saturated rings. The normalized spacial score (nSPS) is 11.5. The van der Waals surface area contributed by atoms with E-state index >= 15 is 0 Å². The Hall–Kier alpha value is -1.83. The van der Waals surface area contributed by atoms with Gasteiger partial charge in [0.25, 0.3) is 0 Å². The number of pyridine rings is 1. The summed E-state index contributed by atoms with van der Waals surface area (Å²) >= 11 is 1.35. The number of hydrogen-bond donors (Lipinski definition) is 1. The van der Waals surface area contributed by atoms with Gasteiger partial charge in [0, 0.05) is 11.1 Å². The van der Waals surface area contributed by atoms with Gasteiger partial charge in [0.05, 0.1) is 11.9 Å². The topological polar surface area (TPSA) is 61.0 Å². The third-order valence-corrected chi connectivity index (χ3v) is 2.96. The quantitative estimate of drug-likeness (QED) is 0.940. The Labute approximate surface area is 111 Å². The lowest BCUT2D eigenvalue weighted by atomic mass is 10.2. The van der Waals surface area contributed by atoms with Gasteiger partial charge in [0.15, 0.2) is 5.13 Å². The summed E-state index contributed by atoms with van der Waals surface area (Å²) in [6.07, 6.45) is -2.42. The maximum absolute atomic E-state index is 11.9. The number of aromatic nitrogens is 2. The predicted molar refractivity (Wildman–Crippen MR) is 64.9 cm³/mol. The Morgan fingerprint density at radius 2 is 1.95 bits per heavy atom. The molecule has 0 spiro atoms. The first kappa shape index (κ1) is 13.6. The van der Waals surface area contributed by atoms with E-state index in [1.165, 1.54) is 23.5 Å². The lowest BCUT2D eigenvalue weighted by Gasteiger charge is -2.08. The molecule has 2 aromatic rings. The number of aryl methyl sites for hydroxylation is 2. The number of nitrogen functional groups attached to an aromatic ring is 1. The number of halogens is 3. The van der Waals surface area contributed by atoms with E-state index in [2.05, 4.69) is 14.7 Å². The van der Waals surface area contributed by atoms with Gasteiger partial charge in [-0.1, -0.05) is 0 Å². The fourth-order valence-corrected chi connectivity index (χ4v) is 2.04. The Balaban J connectivity index is 1.91. The summed E-state index contributed by atoms with van der Waals surface area (Å²) < 4.78 is 39.6. The first-order chi connectivity index (χ1) is 8.92. The number of hydrogen-bond acceptors (Lipinski definition) is 5. The number of nitrogens with two attached hydrogens (primary N) is 1. The zero-order valence-corrected chi connectivity index (χ0v) is 10.5. The molecule has 102 valence electrons. The number of thiazole rings is 1. The molecule has 4 nitrogen and oxygen atoms in total. The Kier molecular flexibility index (Phi) is 3.89. The summed E-state index contributed by atoms with van der Waals surface area (Å²) in [5.74, 6) is -0.325. The standard InChI is InChI=1S/C11H10F3N3OS/c12-11(13,14)18-9-4-3-7(16-5-9)1-2-8-6-19-10(15)17-8/h3-6H,1-2H2,(H2,15,17). The van der Waals surface area contributed by atoms with E-state index < -0.39 is 6.36 Å². The van der Waals surface area contributed by atoms with Crippen molar-refractivity contribution in [3.63, 3.8) is 0 Å². The average molecular weight is 289 g/mol. The largest absolute Gasteiger partial charge is 0.573 e. The van der Waals surface area contributed by atoms with Crippen LogP contribution in [0.5, 0.6) is 5.75 Å². The Bertz CT molecular complexity index is 539. The molecule has 0 aliphatic carbocycles. The summed E-state index contributed by atoms with van der Waals surface area (Å²) in [5, 5.41) is 2.34. The van der Waals surface area contributed by atoms with Gasteiger partial charge in [-0.25, -0.2) is 4.98 Å². The lowest BCUT2D eigenvalue weighted by molar-refractivity contribution is -0.274. The van der Waals surface area contributed by atoms with E-state index in [1.807, 2.05) is 5.38 Å². The molecule has 0 saturated heterocycles. The van der Waals surface area contributed by atoms with Gasteiger partial charge >= 0.3 is 6.36 Å². The van der Waals surface area contributed by atoms with Crippen LogP contribution in [0, 0.1) is 0 Å². The minimum Gasteiger partial charge on any atom is -0.404 e. The molecular weight excluding hydrogens is 279 g/mol. The lowest BCUT2D eigenvalue weighted by Crippen LogP contribution is -2.17. The van der Waals surface area contributed by atoms with Crippen molar-refractivity contribution in [2.45, 2.75) is 19.2 Å². The first-order valence-electron chi connectivity index (χ1n) is 5.33. The fraction of sp³-hybridized carbons (Fsp3) is 0.273. The van der Waals surface area contributed by atoms with Crippen LogP contribution in [0.3, 0.4) is 0 Å². The minimum absolute atomic E-state index is 0.325. The summed E-state index contributed by atoms with van der Waals surface area (Å²) in [4.78, 5) is 7.99. The highest BCUT2D eigenvalue weighted by Gasteiger charge is 2.31. The van der Waals surface area contributed by atoms with E-state index in [-0.39, 0.29) is 5.75 Å². The minimum atomic E-state index is -4.69. The van der Waals surface area contributed by atoms with E-state index in [9.17, 15) is 13.2 Å². The maximum atomic E-state index is 11.9. The Morgan fingerprint density at radius 3 is 2.47 bits per heavy atom. The molecule has 2 rings (SSSR count). The molecule has 2 aromatic heterocycles. The van der Waals surface area contributed by atoms with Gasteiger partial charge in [-0.3, -0.25) is 4.98 Å². The summed E-state index contributed by atoms with van der Waals surface area (Å²) in [5.41, 5.74) is 7.01. The highest BCUT2D eigenvalue weighted by molar-refractivity contribution is 7.13. The summed E-state index contributed by atoms with van der Waals surface area (Å²) in [7, 11) is 0. The van der Waals surface area contributed by atoms with E-state index in [1.54, 1.807) is 0 Å². The molecule has 0 atom stereocenters. The van der Waals surface area contributed by atoms with Gasteiger partial charge < -0.3 is 10.5 Å². The zero-order chi connectivity index (χ0) is 13.9. The molecule has 0 amide bonds. The highest BCUT2D eigenvalue weighted by Crippen LogP contribution is 2.22. The van der Waals surface area contributed by atoms with Crippen LogP contribution < -0.4 is 10.5 Å². The van der Waals surface area contributed by atoms with Crippen molar-refractivity contribution >= 4 is 16.5 Å². The molecule has 2 heterocycles. The number of alkyl halides is 3. The molecule has 0 aliphatic heterocycles. The third kappa shape index (κ3) is 4.40. The van der Waals surface area contributed by atoms with Gasteiger partial charge in [-0.2, -0.15) is 0 Å². The van der Waals surface area contributed by atoms with Crippen LogP contribution in [-0.4, -0.2) is 16.3 Å². The number of anilines is 1. The van der Waals surface area contributed by atoms with Crippen LogP contribution in [0.1, 0.15) is 11.4 Å². The molecule has 0 bridgehead atoms. The first-order valence-corrected chi connectivity index (χ1v) is 6.21. The molecule has 8 heteroatoms. The second kappa shape index (κ2) is 5.43. The van der Waals surface area contributed by atoms with Crippen LogP contribution >= 0.6 is 11.3 Å².